The predicted molar refractivity (Wildman–Crippen MR) is 71.1 cm³/mol. The van der Waals surface area contributed by atoms with E-state index in [1.807, 2.05) is 12.3 Å². The summed E-state index contributed by atoms with van der Waals surface area (Å²) in [5.41, 5.74) is 3.03. The maximum atomic E-state index is 13.0. The van der Waals surface area contributed by atoms with Crippen LogP contribution in [0.25, 0.3) is 0 Å². The molecule has 1 aliphatic heterocycles. The number of halogens is 2. The van der Waals surface area contributed by atoms with Gasteiger partial charge in [0.2, 0.25) is 0 Å². The summed E-state index contributed by atoms with van der Waals surface area (Å²) in [6.45, 7) is 0.947. The molecule has 0 fully saturated rings. The highest BCUT2D eigenvalue weighted by atomic mass is 35.5. The van der Waals surface area contributed by atoms with Crippen LogP contribution < -0.4 is 10.6 Å². The SMILES string of the molecule is Fc1ccc(Nc2cc3c(cn2)CCN3)cc1Cl. The van der Waals surface area contributed by atoms with Gasteiger partial charge in [-0.2, -0.15) is 0 Å². The van der Waals surface area contributed by atoms with Crippen LogP contribution in [0.5, 0.6) is 0 Å². The fourth-order valence-corrected chi connectivity index (χ4v) is 2.15. The van der Waals surface area contributed by atoms with E-state index in [9.17, 15) is 4.39 Å². The third kappa shape index (κ3) is 2.11. The standard InChI is InChI=1S/C13H11ClFN3/c14-10-5-9(1-2-11(10)15)18-13-6-12-8(7-17-13)3-4-16-12/h1-2,5-7,16H,3-4H2,(H,17,18). The van der Waals surface area contributed by atoms with Crippen molar-refractivity contribution in [2.45, 2.75) is 6.42 Å². The third-order valence-corrected chi connectivity index (χ3v) is 3.18. The van der Waals surface area contributed by atoms with Crippen molar-refractivity contribution >= 4 is 28.8 Å². The summed E-state index contributed by atoms with van der Waals surface area (Å²) in [4.78, 5) is 4.31. The van der Waals surface area contributed by atoms with Crippen LogP contribution in [-0.4, -0.2) is 11.5 Å². The van der Waals surface area contributed by atoms with E-state index in [-0.39, 0.29) is 5.02 Å². The molecule has 1 aromatic carbocycles. The molecule has 0 atom stereocenters. The van der Waals surface area contributed by atoms with Crippen molar-refractivity contribution in [1.29, 1.82) is 0 Å². The number of pyridine rings is 1. The maximum Gasteiger partial charge on any atom is 0.141 e. The maximum absolute atomic E-state index is 13.0. The Balaban J connectivity index is 1.85. The van der Waals surface area contributed by atoms with Crippen LogP contribution in [0.2, 0.25) is 5.02 Å². The monoisotopic (exact) mass is 263 g/mol. The average Bonchev–Trinajstić information content (AvgIpc) is 2.81. The fourth-order valence-electron chi connectivity index (χ4n) is 1.97. The second-order valence-electron chi connectivity index (χ2n) is 4.16. The van der Waals surface area contributed by atoms with Gasteiger partial charge >= 0.3 is 0 Å². The first-order valence-electron chi connectivity index (χ1n) is 5.67. The van der Waals surface area contributed by atoms with Crippen LogP contribution in [0.3, 0.4) is 0 Å². The Hall–Kier alpha value is -1.81. The number of nitrogens with zero attached hydrogens (tertiary/aromatic N) is 1. The van der Waals surface area contributed by atoms with Crippen molar-refractivity contribution in [2.24, 2.45) is 0 Å². The van der Waals surface area contributed by atoms with Crippen molar-refractivity contribution in [1.82, 2.24) is 4.98 Å². The van der Waals surface area contributed by atoms with Crippen molar-refractivity contribution in [3.8, 4) is 0 Å². The van der Waals surface area contributed by atoms with Crippen LogP contribution in [0.15, 0.2) is 30.5 Å². The molecule has 0 saturated carbocycles. The average molecular weight is 264 g/mol. The van der Waals surface area contributed by atoms with Gasteiger partial charge in [0.05, 0.1) is 5.02 Å². The summed E-state index contributed by atoms with van der Waals surface area (Å²) in [5.74, 6) is 0.289. The highest BCUT2D eigenvalue weighted by Crippen LogP contribution is 2.26. The van der Waals surface area contributed by atoms with E-state index in [0.717, 1.165) is 18.7 Å². The van der Waals surface area contributed by atoms with E-state index < -0.39 is 5.82 Å². The molecule has 1 aromatic heterocycles. The number of nitrogens with one attached hydrogen (secondary N) is 2. The largest absolute Gasteiger partial charge is 0.384 e. The number of hydrogen-bond donors (Lipinski definition) is 2. The zero-order chi connectivity index (χ0) is 12.5. The van der Waals surface area contributed by atoms with Crippen LogP contribution in [-0.2, 0) is 6.42 Å². The summed E-state index contributed by atoms with van der Waals surface area (Å²) < 4.78 is 13.0. The number of fused-ring (bicyclic) bond motifs is 1. The van der Waals surface area contributed by atoms with Crippen LogP contribution in [0.1, 0.15) is 5.56 Å². The van der Waals surface area contributed by atoms with Gasteiger partial charge in [0.15, 0.2) is 0 Å². The number of rotatable bonds is 2. The van der Waals surface area contributed by atoms with Gasteiger partial charge < -0.3 is 10.6 Å². The molecule has 92 valence electrons. The molecule has 2 heterocycles. The minimum Gasteiger partial charge on any atom is -0.384 e. The van der Waals surface area contributed by atoms with Crippen molar-refractivity contribution < 1.29 is 4.39 Å². The van der Waals surface area contributed by atoms with Crippen LogP contribution in [0.4, 0.5) is 21.6 Å². The molecule has 3 nitrogen and oxygen atoms in total. The van der Waals surface area contributed by atoms with Gasteiger partial charge in [-0.15, -0.1) is 0 Å². The lowest BCUT2D eigenvalue weighted by Gasteiger charge is -2.08. The van der Waals surface area contributed by atoms with E-state index in [2.05, 4.69) is 15.6 Å². The molecule has 0 saturated heterocycles. The number of benzene rings is 1. The summed E-state index contributed by atoms with van der Waals surface area (Å²) in [7, 11) is 0. The third-order valence-electron chi connectivity index (χ3n) is 2.89. The first kappa shape index (κ1) is 11.3. The molecule has 5 heteroatoms. The summed E-state index contributed by atoms with van der Waals surface area (Å²) >= 11 is 5.73. The highest BCUT2D eigenvalue weighted by molar-refractivity contribution is 6.31. The Morgan fingerprint density at radius 2 is 2.22 bits per heavy atom. The van der Waals surface area contributed by atoms with Gasteiger partial charge in [-0.1, -0.05) is 11.6 Å². The fraction of sp³-hybridized carbons (Fsp3) is 0.154. The summed E-state index contributed by atoms with van der Waals surface area (Å²) in [6.07, 6.45) is 2.85. The molecule has 18 heavy (non-hydrogen) atoms. The van der Waals surface area contributed by atoms with Crippen LogP contribution in [0, 0.1) is 5.82 Å². The lowest BCUT2D eigenvalue weighted by atomic mass is 10.2. The molecule has 1 aliphatic rings. The molecule has 3 rings (SSSR count). The lowest BCUT2D eigenvalue weighted by Crippen LogP contribution is -1.96. The van der Waals surface area contributed by atoms with Gasteiger partial charge in [-0.05, 0) is 30.2 Å². The first-order valence-corrected chi connectivity index (χ1v) is 6.05. The zero-order valence-corrected chi connectivity index (χ0v) is 10.3. The van der Waals surface area contributed by atoms with Crippen molar-refractivity contribution in [2.75, 3.05) is 17.2 Å². The normalized spacial score (nSPS) is 13.0. The van der Waals surface area contributed by atoms with Crippen molar-refractivity contribution in [3.63, 3.8) is 0 Å². The molecule has 2 aromatic rings. The molecule has 0 radical (unpaired) electrons. The highest BCUT2D eigenvalue weighted by Gasteiger charge is 2.11. The quantitative estimate of drug-likeness (QED) is 0.869. The molecular weight excluding hydrogens is 253 g/mol. The van der Waals surface area contributed by atoms with E-state index in [4.69, 9.17) is 11.6 Å². The van der Waals surface area contributed by atoms with Crippen LogP contribution >= 0.6 is 11.6 Å². The minimum atomic E-state index is -0.425. The Bertz CT molecular complexity index is 601. The Morgan fingerprint density at radius 1 is 1.33 bits per heavy atom. The lowest BCUT2D eigenvalue weighted by molar-refractivity contribution is 0.628. The Kier molecular flexibility index (Phi) is 2.80. The first-order chi connectivity index (χ1) is 8.72. The predicted octanol–water partition coefficient (Wildman–Crippen LogP) is 3.59. The second-order valence-corrected chi connectivity index (χ2v) is 4.56. The minimum absolute atomic E-state index is 0.0966. The summed E-state index contributed by atoms with van der Waals surface area (Å²) in [6, 6.07) is 6.44. The van der Waals surface area contributed by atoms with Crippen molar-refractivity contribution in [3.05, 3.63) is 46.9 Å². The molecule has 0 aliphatic carbocycles. The number of anilines is 3. The second kappa shape index (κ2) is 4.46. The van der Waals surface area contributed by atoms with Gasteiger partial charge in [0.25, 0.3) is 0 Å². The zero-order valence-electron chi connectivity index (χ0n) is 9.50. The van der Waals surface area contributed by atoms with Gasteiger partial charge in [0, 0.05) is 30.2 Å². The molecular formula is C13H11ClFN3. The molecule has 0 amide bonds. The molecule has 2 N–H and O–H groups in total. The smallest absolute Gasteiger partial charge is 0.141 e. The van der Waals surface area contributed by atoms with Gasteiger partial charge in [-0.25, -0.2) is 9.37 Å². The van der Waals surface area contributed by atoms with Gasteiger partial charge in [0.1, 0.15) is 11.6 Å². The topological polar surface area (TPSA) is 37.0 Å². The Morgan fingerprint density at radius 3 is 3.06 bits per heavy atom. The Labute approximate surface area is 109 Å². The van der Waals surface area contributed by atoms with E-state index in [0.29, 0.717) is 11.5 Å². The summed E-state index contributed by atoms with van der Waals surface area (Å²) in [5, 5.41) is 6.48. The van der Waals surface area contributed by atoms with E-state index in [1.165, 1.54) is 11.6 Å². The molecule has 0 spiro atoms. The molecule has 0 unspecified atom stereocenters. The van der Waals surface area contributed by atoms with Gasteiger partial charge in [-0.3, -0.25) is 0 Å². The molecule has 0 bridgehead atoms. The van der Waals surface area contributed by atoms with E-state index >= 15 is 0 Å². The number of hydrogen-bond acceptors (Lipinski definition) is 3. The number of aromatic nitrogens is 1. The van der Waals surface area contributed by atoms with E-state index in [1.54, 1.807) is 12.1 Å².